The Kier molecular flexibility index (Phi) is 6.26. The van der Waals surface area contributed by atoms with Gasteiger partial charge in [0.25, 0.3) is 0 Å². The Balaban J connectivity index is 2.17. The lowest BCUT2D eigenvalue weighted by Gasteiger charge is -2.19. The molecule has 0 aliphatic heterocycles. The first-order chi connectivity index (χ1) is 13.1. The van der Waals surface area contributed by atoms with Crippen molar-refractivity contribution in [2.24, 2.45) is 5.10 Å². The van der Waals surface area contributed by atoms with Crippen molar-refractivity contribution < 1.29 is 9.53 Å². The van der Waals surface area contributed by atoms with Crippen LogP contribution >= 0.6 is 0 Å². The number of hydrogen-bond acceptors (Lipinski definition) is 7. The molecule has 0 atom stereocenters. The largest absolute Gasteiger partial charge is 0.444 e. The lowest BCUT2D eigenvalue weighted by Crippen LogP contribution is -2.32. The average molecular weight is 383 g/mol. The molecule has 2 N–H and O–H groups in total. The van der Waals surface area contributed by atoms with Gasteiger partial charge >= 0.3 is 6.09 Å². The zero-order chi connectivity index (χ0) is 20.9. The second-order valence-corrected chi connectivity index (χ2v) is 7.27. The van der Waals surface area contributed by atoms with Crippen molar-refractivity contribution in [1.29, 1.82) is 5.26 Å². The quantitative estimate of drug-likeness (QED) is 0.742. The van der Waals surface area contributed by atoms with Gasteiger partial charge in [0, 0.05) is 33.0 Å². The first kappa shape index (κ1) is 20.8. The molecule has 0 aliphatic carbocycles. The molecular weight excluding hydrogens is 358 g/mol. The van der Waals surface area contributed by atoms with E-state index in [-0.39, 0.29) is 0 Å². The zero-order valence-corrected chi connectivity index (χ0v) is 16.8. The number of hydrogen-bond donors (Lipinski definition) is 2. The minimum atomic E-state index is -0.552. The normalized spacial score (nSPS) is 10.7. The minimum Gasteiger partial charge on any atom is -0.444 e. The molecule has 0 aliphatic rings. The summed E-state index contributed by atoms with van der Waals surface area (Å²) in [5.74, 6) is 0.901. The molecule has 28 heavy (non-hydrogen) atoms. The van der Waals surface area contributed by atoms with Crippen molar-refractivity contribution in [3.63, 3.8) is 0 Å². The van der Waals surface area contributed by atoms with E-state index in [2.05, 4.69) is 33.6 Å². The maximum absolute atomic E-state index is 11.8. The molecule has 9 nitrogen and oxygen atoms in total. The van der Waals surface area contributed by atoms with Crippen LogP contribution in [0, 0.1) is 11.3 Å². The molecule has 1 amide bonds. The highest BCUT2D eigenvalue weighted by Gasteiger charge is 2.20. The van der Waals surface area contributed by atoms with Crippen molar-refractivity contribution in [1.82, 2.24) is 15.2 Å². The molecule has 1 aromatic carbocycles. The SMILES string of the molecule is C=Nn1nc(Nc2cccc(CNC(=O)OC(C)(C)C)c2)c(C#N)c1N(C)C. The van der Waals surface area contributed by atoms with Crippen LogP contribution in [0.4, 0.5) is 22.1 Å². The highest BCUT2D eigenvalue weighted by molar-refractivity contribution is 5.71. The first-order valence-electron chi connectivity index (χ1n) is 8.65. The Morgan fingerprint density at radius 1 is 1.43 bits per heavy atom. The van der Waals surface area contributed by atoms with E-state index in [0.29, 0.717) is 23.7 Å². The van der Waals surface area contributed by atoms with E-state index in [4.69, 9.17) is 4.74 Å². The van der Waals surface area contributed by atoms with Gasteiger partial charge in [0.05, 0.1) is 0 Å². The first-order valence-corrected chi connectivity index (χ1v) is 8.65. The number of nitriles is 1. The summed E-state index contributed by atoms with van der Waals surface area (Å²) < 4.78 is 5.23. The fourth-order valence-corrected chi connectivity index (χ4v) is 2.47. The molecule has 2 aromatic rings. The highest BCUT2D eigenvalue weighted by Crippen LogP contribution is 2.28. The van der Waals surface area contributed by atoms with Gasteiger partial charge < -0.3 is 20.3 Å². The summed E-state index contributed by atoms with van der Waals surface area (Å²) in [7, 11) is 3.60. The number of aromatic nitrogens is 2. The summed E-state index contributed by atoms with van der Waals surface area (Å²) in [6, 6.07) is 9.57. The summed E-state index contributed by atoms with van der Waals surface area (Å²) >= 11 is 0. The Bertz CT molecular complexity index is 904. The maximum Gasteiger partial charge on any atom is 0.407 e. The van der Waals surface area contributed by atoms with Gasteiger partial charge in [-0.15, -0.1) is 9.89 Å². The third kappa shape index (κ3) is 5.23. The molecule has 0 radical (unpaired) electrons. The van der Waals surface area contributed by atoms with Crippen molar-refractivity contribution in [2.75, 3.05) is 24.3 Å². The predicted octanol–water partition coefficient (Wildman–Crippen LogP) is 3.05. The number of ether oxygens (including phenoxy) is 1. The fraction of sp³-hybridized carbons (Fsp3) is 0.368. The molecule has 9 heteroatoms. The zero-order valence-electron chi connectivity index (χ0n) is 16.8. The second-order valence-electron chi connectivity index (χ2n) is 7.27. The fourth-order valence-electron chi connectivity index (χ4n) is 2.47. The van der Waals surface area contributed by atoms with Gasteiger partial charge in [0.2, 0.25) is 0 Å². The van der Waals surface area contributed by atoms with Crippen LogP contribution in [0.3, 0.4) is 0 Å². The van der Waals surface area contributed by atoms with Gasteiger partial charge in [0.1, 0.15) is 17.2 Å². The van der Waals surface area contributed by atoms with Crippen LogP contribution in [0.5, 0.6) is 0 Å². The van der Waals surface area contributed by atoms with Crippen LogP contribution < -0.4 is 15.5 Å². The van der Waals surface area contributed by atoms with Gasteiger partial charge in [-0.1, -0.05) is 12.1 Å². The third-order valence-electron chi connectivity index (χ3n) is 3.54. The number of carbonyl (C=O) groups is 1. The van der Waals surface area contributed by atoms with E-state index in [1.54, 1.807) is 19.0 Å². The molecule has 0 saturated heterocycles. The Morgan fingerprint density at radius 3 is 2.71 bits per heavy atom. The molecule has 0 saturated carbocycles. The van der Waals surface area contributed by atoms with E-state index in [0.717, 1.165) is 11.3 Å². The van der Waals surface area contributed by atoms with Gasteiger partial charge in [0.15, 0.2) is 11.6 Å². The molecule has 1 heterocycles. The number of alkyl carbamates (subject to hydrolysis) is 1. The topological polar surface area (TPSA) is 108 Å². The lowest BCUT2D eigenvalue weighted by molar-refractivity contribution is 0.0523. The molecule has 0 fully saturated rings. The van der Waals surface area contributed by atoms with Gasteiger partial charge in [-0.2, -0.15) is 10.4 Å². The van der Waals surface area contributed by atoms with Crippen molar-refractivity contribution >= 4 is 30.1 Å². The monoisotopic (exact) mass is 383 g/mol. The highest BCUT2D eigenvalue weighted by atomic mass is 16.6. The number of nitrogens with zero attached hydrogens (tertiary/aromatic N) is 5. The van der Waals surface area contributed by atoms with Gasteiger partial charge in [-0.3, -0.25) is 0 Å². The van der Waals surface area contributed by atoms with E-state index in [9.17, 15) is 10.1 Å². The van der Waals surface area contributed by atoms with Crippen LogP contribution in [0.15, 0.2) is 29.4 Å². The van der Waals surface area contributed by atoms with E-state index >= 15 is 0 Å². The van der Waals surface area contributed by atoms with Gasteiger partial charge in [-0.25, -0.2) is 4.79 Å². The average Bonchev–Trinajstić information content (AvgIpc) is 2.96. The van der Waals surface area contributed by atoms with Crippen LogP contribution in [-0.4, -0.2) is 42.4 Å². The van der Waals surface area contributed by atoms with Crippen molar-refractivity contribution in [3.8, 4) is 6.07 Å². The van der Waals surface area contributed by atoms with Crippen LogP contribution in [0.1, 0.15) is 31.9 Å². The number of amides is 1. The van der Waals surface area contributed by atoms with Crippen LogP contribution in [-0.2, 0) is 11.3 Å². The number of carbonyl (C=O) groups excluding carboxylic acids is 1. The summed E-state index contributed by atoms with van der Waals surface area (Å²) in [5, 5.41) is 23.5. The molecule has 2 rings (SSSR count). The molecular formula is C19H25N7O2. The minimum absolute atomic E-state index is 0.307. The maximum atomic E-state index is 11.8. The van der Waals surface area contributed by atoms with E-state index in [1.165, 1.54) is 4.79 Å². The van der Waals surface area contributed by atoms with E-state index in [1.807, 2.05) is 45.0 Å². The number of nitrogens with one attached hydrogen (secondary N) is 2. The Hall–Kier alpha value is -3.54. The molecule has 1 aromatic heterocycles. The van der Waals surface area contributed by atoms with Crippen molar-refractivity contribution in [2.45, 2.75) is 32.9 Å². The summed E-state index contributed by atoms with van der Waals surface area (Å²) in [6.07, 6.45) is -0.482. The molecule has 148 valence electrons. The Labute approximate surface area is 164 Å². The summed E-state index contributed by atoms with van der Waals surface area (Å²) in [4.78, 5) is 14.9. The molecule has 0 bridgehead atoms. The second kappa shape index (κ2) is 8.43. The van der Waals surface area contributed by atoms with Crippen LogP contribution in [0.25, 0.3) is 0 Å². The van der Waals surface area contributed by atoms with Crippen LogP contribution in [0.2, 0.25) is 0 Å². The van der Waals surface area contributed by atoms with Gasteiger partial charge in [-0.05, 0) is 38.5 Å². The summed E-state index contributed by atoms with van der Waals surface area (Å²) in [6.45, 7) is 9.22. The number of benzene rings is 1. The van der Waals surface area contributed by atoms with E-state index < -0.39 is 11.7 Å². The number of rotatable bonds is 6. The lowest BCUT2D eigenvalue weighted by atomic mass is 10.2. The summed E-state index contributed by atoms with van der Waals surface area (Å²) in [5.41, 5.74) is 1.39. The Morgan fingerprint density at radius 2 is 2.14 bits per heavy atom. The smallest absolute Gasteiger partial charge is 0.407 e. The molecule has 0 unspecified atom stereocenters. The van der Waals surface area contributed by atoms with Crippen molar-refractivity contribution in [3.05, 3.63) is 35.4 Å². The predicted molar refractivity (Wildman–Crippen MR) is 109 cm³/mol. The number of anilines is 3. The third-order valence-corrected chi connectivity index (χ3v) is 3.54. The molecule has 0 spiro atoms. The standard InChI is InChI=1S/C19H25N7O2/c1-19(2,3)28-18(27)22-12-13-8-7-9-14(10-13)23-16-15(11-20)17(25(5)6)26(21-4)24-16/h7-10H,4,12H2,1-3,5-6H3,(H,22,27)(H,23,24).